The molecule has 3 amide bonds. The third-order valence-electron chi connectivity index (χ3n) is 5.05. The molecule has 0 saturated carbocycles. The highest BCUT2D eigenvalue weighted by atomic mass is 16.5. The van der Waals surface area contributed by atoms with Crippen LogP contribution in [0.2, 0.25) is 0 Å². The lowest BCUT2D eigenvalue weighted by atomic mass is 10.0. The number of methoxy groups -OCH3 is 2. The number of ether oxygens (including phenoxy) is 2. The number of imide groups is 1. The Morgan fingerprint density at radius 2 is 1.31 bits per heavy atom. The number of esters is 2. The van der Waals surface area contributed by atoms with Crippen LogP contribution in [0, 0.1) is 5.92 Å². The molecule has 0 fully saturated rings. The molecule has 1 heterocycles. The van der Waals surface area contributed by atoms with Gasteiger partial charge in [-0.05, 0) is 36.2 Å². The number of hydrogen-bond acceptors (Lipinski definition) is 7. The van der Waals surface area contributed by atoms with Gasteiger partial charge in [0.2, 0.25) is 5.91 Å². The molecule has 1 N–H and O–H groups in total. The molecule has 1 atom stereocenters. The number of nitrogens with one attached hydrogen (secondary N) is 1. The van der Waals surface area contributed by atoms with Crippen molar-refractivity contribution in [2.45, 2.75) is 19.9 Å². The van der Waals surface area contributed by atoms with Crippen molar-refractivity contribution in [3.05, 3.63) is 64.7 Å². The van der Waals surface area contributed by atoms with Crippen LogP contribution in [0.5, 0.6) is 0 Å². The summed E-state index contributed by atoms with van der Waals surface area (Å²) in [6.45, 7) is 3.41. The molecule has 9 nitrogen and oxygen atoms in total. The number of carbonyl (C=O) groups excluding carboxylic acids is 5. The Hall–Kier alpha value is -4.01. The van der Waals surface area contributed by atoms with E-state index >= 15 is 0 Å². The molecule has 3 rings (SSSR count). The minimum atomic E-state index is -1.12. The lowest BCUT2D eigenvalue weighted by Gasteiger charge is -2.28. The van der Waals surface area contributed by atoms with E-state index < -0.39 is 41.6 Å². The summed E-state index contributed by atoms with van der Waals surface area (Å²) in [5.74, 6) is -3.61. The molecule has 0 spiro atoms. The summed E-state index contributed by atoms with van der Waals surface area (Å²) in [4.78, 5) is 63.9. The first-order chi connectivity index (χ1) is 15.2. The Bertz CT molecular complexity index is 1050. The molecule has 32 heavy (non-hydrogen) atoms. The Morgan fingerprint density at radius 3 is 1.72 bits per heavy atom. The van der Waals surface area contributed by atoms with E-state index in [-0.39, 0.29) is 27.9 Å². The normalized spacial score (nSPS) is 13.6. The second-order valence-electron chi connectivity index (χ2n) is 7.49. The molecule has 2 aromatic rings. The number of rotatable bonds is 6. The van der Waals surface area contributed by atoms with Gasteiger partial charge in [0.25, 0.3) is 11.8 Å². The highest BCUT2D eigenvalue weighted by Gasteiger charge is 2.43. The number of anilines is 1. The third kappa shape index (κ3) is 4.09. The van der Waals surface area contributed by atoms with E-state index in [1.54, 1.807) is 26.0 Å². The maximum atomic E-state index is 13.2. The zero-order valence-corrected chi connectivity index (χ0v) is 18.0. The minimum absolute atomic E-state index is 0.0209. The molecular weight excluding hydrogens is 416 g/mol. The highest BCUT2D eigenvalue weighted by Crippen LogP contribution is 2.28. The lowest BCUT2D eigenvalue weighted by molar-refractivity contribution is -0.121. The molecule has 1 aliphatic rings. The number of amides is 3. The first-order valence-electron chi connectivity index (χ1n) is 9.79. The average molecular weight is 438 g/mol. The number of benzene rings is 2. The summed E-state index contributed by atoms with van der Waals surface area (Å²) >= 11 is 0. The second-order valence-corrected chi connectivity index (χ2v) is 7.49. The number of carbonyl (C=O) groups is 5. The summed E-state index contributed by atoms with van der Waals surface area (Å²) in [6.07, 6.45) is 0. The minimum Gasteiger partial charge on any atom is -0.465 e. The van der Waals surface area contributed by atoms with Gasteiger partial charge in [0.05, 0.1) is 36.5 Å². The standard InChI is InChI=1S/C23H22N2O7/c1-12(2)18(25-20(27)16-7-5-6-8-17(16)21(25)28)19(26)24-15-10-13(22(29)31-3)9-14(11-15)23(30)32-4/h5-12,18H,1-4H3,(H,24,26). The van der Waals surface area contributed by atoms with Crippen LogP contribution in [0.4, 0.5) is 5.69 Å². The molecule has 2 aromatic carbocycles. The van der Waals surface area contributed by atoms with E-state index in [2.05, 4.69) is 5.32 Å². The van der Waals surface area contributed by atoms with Crippen LogP contribution >= 0.6 is 0 Å². The predicted octanol–water partition coefficient (Wildman–Crippen LogP) is 2.52. The lowest BCUT2D eigenvalue weighted by Crippen LogP contribution is -2.50. The molecule has 0 radical (unpaired) electrons. The van der Waals surface area contributed by atoms with E-state index in [0.717, 1.165) is 4.90 Å². The first-order valence-corrected chi connectivity index (χ1v) is 9.79. The summed E-state index contributed by atoms with van der Waals surface area (Å²) in [5.41, 5.74) is 0.619. The Kier molecular flexibility index (Phi) is 6.38. The maximum absolute atomic E-state index is 13.2. The first kappa shape index (κ1) is 22.7. The fourth-order valence-electron chi connectivity index (χ4n) is 3.57. The van der Waals surface area contributed by atoms with Gasteiger partial charge in [0.15, 0.2) is 0 Å². The number of fused-ring (bicyclic) bond motifs is 1. The Balaban J connectivity index is 1.95. The van der Waals surface area contributed by atoms with Crippen molar-refractivity contribution in [2.24, 2.45) is 5.92 Å². The van der Waals surface area contributed by atoms with Gasteiger partial charge < -0.3 is 14.8 Å². The molecule has 1 unspecified atom stereocenters. The van der Waals surface area contributed by atoms with Gasteiger partial charge in [-0.2, -0.15) is 0 Å². The molecule has 0 aromatic heterocycles. The quantitative estimate of drug-likeness (QED) is 0.544. The summed E-state index contributed by atoms with van der Waals surface area (Å²) < 4.78 is 9.39. The molecule has 0 saturated heterocycles. The predicted molar refractivity (Wildman–Crippen MR) is 113 cm³/mol. The van der Waals surface area contributed by atoms with Crippen LogP contribution in [0.1, 0.15) is 55.3 Å². The van der Waals surface area contributed by atoms with Gasteiger partial charge in [0, 0.05) is 5.69 Å². The van der Waals surface area contributed by atoms with Gasteiger partial charge in [-0.3, -0.25) is 19.3 Å². The largest absolute Gasteiger partial charge is 0.465 e. The van der Waals surface area contributed by atoms with Crippen LogP contribution in [-0.4, -0.2) is 54.8 Å². The Morgan fingerprint density at radius 1 is 0.844 bits per heavy atom. The van der Waals surface area contributed by atoms with Crippen LogP contribution < -0.4 is 5.32 Å². The van der Waals surface area contributed by atoms with Crippen molar-refractivity contribution in [3.8, 4) is 0 Å². The summed E-state index contributed by atoms with van der Waals surface area (Å²) in [6, 6.07) is 9.17. The fourth-order valence-corrected chi connectivity index (χ4v) is 3.57. The Labute approximate surface area is 184 Å². The third-order valence-corrected chi connectivity index (χ3v) is 5.05. The van der Waals surface area contributed by atoms with E-state index in [1.807, 2.05) is 0 Å². The monoisotopic (exact) mass is 438 g/mol. The van der Waals surface area contributed by atoms with Crippen molar-refractivity contribution in [2.75, 3.05) is 19.5 Å². The van der Waals surface area contributed by atoms with Gasteiger partial charge >= 0.3 is 11.9 Å². The SMILES string of the molecule is COC(=O)c1cc(NC(=O)C(C(C)C)N2C(=O)c3ccccc3C2=O)cc(C(=O)OC)c1. The molecule has 0 bridgehead atoms. The highest BCUT2D eigenvalue weighted by molar-refractivity contribution is 6.23. The maximum Gasteiger partial charge on any atom is 0.337 e. The number of hydrogen-bond donors (Lipinski definition) is 1. The number of nitrogens with zero attached hydrogens (tertiary/aromatic N) is 1. The fraction of sp³-hybridized carbons (Fsp3) is 0.261. The van der Waals surface area contributed by atoms with Crippen molar-refractivity contribution in [1.82, 2.24) is 4.90 Å². The topological polar surface area (TPSA) is 119 Å². The molecule has 0 aliphatic carbocycles. The molecule has 1 aliphatic heterocycles. The van der Waals surface area contributed by atoms with E-state index in [0.29, 0.717) is 0 Å². The van der Waals surface area contributed by atoms with E-state index in [4.69, 9.17) is 9.47 Å². The van der Waals surface area contributed by atoms with E-state index in [1.165, 1.54) is 44.6 Å². The molecule has 9 heteroatoms. The van der Waals surface area contributed by atoms with Crippen LogP contribution in [-0.2, 0) is 14.3 Å². The van der Waals surface area contributed by atoms with Crippen molar-refractivity contribution in [1.29, 1.82) is 0 Å². The molecule has 166 valence electrons. The zero-order chi connectivity index (χ0) is 23.6. The second kappa shape index (κ2) is 9.01. The average Bonchev–Trinajstić information content (AvgIpc) is 3.03. The van der Waals surface area contributed by atoms with Crippen molar-refractivity contribution < 1.29 is 33.4 Å². The van der Waals surface area contributed by atoms with E-state index in [9.17, 15) is 24.0 Å². The smallest absolute Gasteiger partial charge is 0.337 e. The van der Waals surface area contributed by atoms with Crippen LogP contribution in [0.25, 0.3) is 0 Å². The summed E-state index contributed by atoms with van der Waals surface area (Å²) in [5, 5.41) is 2.61. The zero-order valence-electron chi connectivity index (χ0n) is 18.0. The molecular formula is C23H22N2O7. The van der Waals surface area contributed by atoms with Gasteiger partial charge in [-0.1, -0.05) is 26.0 Å². The van der Waals surface area contributed by atoms with Gasteiger partial charge in [0.1, 0.15) is 6.04 Å². The van der Waals surface area contributed by atoms with Gasteiger partial charge in [-0.15, -0.1) is 0 Å². The van der Waals surface area contributed by atoms with Gasteiger partial charge in [-0.25, -0.2) is 9.59 Å². The summed E-state index contributed by atoms with van der Waals surface area (Å²) in [7, 11) is 2.37. The van der Waals surface area contributed by atoms with Crippen LogP contribution in [0.3, 0.4) is 0 Å². The van der Waals surface area contributed by atoms with Crippen molar-refractivity contribution >= 4 is 35.3 Å². The van der Waals surface area contributed by atoms with Crippen LogP contribution in [0.15, 0.2) is 42.5 Å². The van der Waals surface area contributed by atoms with Crippen molar-refractivity contribution in [3.63, 3.8) is 0 Å².